The summed E-state index contributed by atoms with van der Waals surface area (Å²) in [5, 5.41) is 0. The van der Waals surface area contributed by atoms with Gasteiger partial charge in [-0.1, -0.05) is 43.7 Å². The van der Waals surface area contributed by atoms with Crippen molar-refractivity contribution < 1.29 is 0 Å². The summed E-state index contributed by atoms with van der Waals surface area (Å²) in [6, 6.07) is 17.9. The van der Waals surface area contributed by atoms with Gasteiger partial charge in [-0.15, -0.1) is 0 Å². The Labute approximate surface area is 158 Å². The Morgan fingerprint density at radius 1 is 1.00 bits per heavy atom. The molecule has 0 amide bonds. The number of fused-ring (bicyclic) bond motifs is 1. The highest BCUT2D eigenvalue weighted by atomic mass is 15.4. The monoisotopic (exact) mass is 358 g/mol. The summed E-state index contributed by atoms with van der Waals surface area (Å²) < 4.78 is 1.94. The molecule has 0 aliphatic rings. The Balaban J connectivity index is 1.87. The second-order valence-corrected chi connectivity index (χ2v) is 6.37. The van der Waals surface area contributed by atoms with Crippen LogP contribution in [0.5, 0.6) is 0 Å². The smallest absolute Gasteiger partial charge is 0.179 e. The van der Waals surface area contributed by atoms with Gasteiger partial charge in [0.15, 0.2) is 11.5 Å². The number of anilines is 1. The maximum atomic E-state index is 6.11. The Kier molecular flexibility index (Phi) is 4.70. The van der Waals surface area contributed by atoms with Crippen molar-refractivity contribution in [3.63, 3.8) is 0 Å². The third kappa shape index (κ3) is 3.33. The van der Waals surface area contributed by atoms with Gasteiger partial charge in [-0.05, 0) is 30.7 Å². The Hall–Kier alpha value is -3.41. The van der Waals surface area contributed by atoms with Crippen LogP contribution in [0.3, 0.4) is 0 Å². The van der Waals surface area contributed by atoms with Gasteiger partial charge in [-0.2, -0.15) is 0 Å². The molecule has 0 atom stereocenters. The molecule has 136 valence electrons. The molecular weight excluding hydrogens is 336 g/mol. The number of nitrogen functional groups attached to an aromatic ring is 1. The normalized spacial score (nSPS) is 11.0. The molecule has 0 saturated heterocycles. The number of unbranched alkanes of at least 4 members (excludes halogenated alkanes) is 1. The second kappa shape index (κ2) is 7.45. The molecule has 6 nitrogen and oxygen atoms in total. The Bertz CT molecular complexity index is 1050. The zero-order chi connectivity index (χ0) is 18.6. The molecule has 0 aliphatic carbocycles. The molecule has 0 saturated carbocycles. The van der Waals surface area contributed by atoms with Crippen molar-refractivity contribution in [3.05, 3.63) is 60.8 Å². The van der Waals surface area contributed by atoms with Crippen LogP contribution in [0.2, 0.25) is 0 Å². The van der Waals surface area contributed by atoms with Crippen molar-refractivity contribution in [2.45, 2.75) is 19.8 Å². The van der Waals surface area contributed by atoms with Gasteiger partial charge in [0, 0.05) is 18.3 Å². The minimum absolute atomic E-state index is 0.453. The first-order valence-electron chi connectivity index (χ1n) is 9.17. The standard InChI is InChI=1S/C21H22N6/c1-2-3-14-24-27-20(16-10-7-13-23-19(16)22)26-18-12-11-17(25-21(18)27)15-8-5-4-6-9-15/h4-13,24H,2-3,14H2,1H3,(H2,22,23). The van der Waals surface area contributed by atoms with Crippen LogP contribution < -0.4 is 11.2 Å². The van der Waals surface area contributed by atoms with Crippen LogP contribution in [0.4, 0.5) is 5.82 Å². The summed E-state index contributed by atoms with van der Waals surface area (Å²) in [4.78, 5) is 13.9. The number of benzene rings is 1. The molecule has 0 bridgehead atoms. The average Bonchev–Trinajstić information content (AvgIpc) is 3.07. The van der Waals surface area contributed by atoms with Gasteiger partial charge < -0.3 is 11.2 Å². The van der Waals surface area contributed by atoms with E-state index in [1.165, 1.54) is 0 Å². The predicted molar refractivity (Wildman–Crippen MR) is 110 cm³/mol. The Morgan fingerprint density at radius 3 is 2.63 bits per heavy atom. The lowest BCUT2D eigenvalue weighted by atomic mass is 10.1. The van der Waals surface area contributed by atoms with Crippen molar-refractivity contribution in [2.24, 2.45) is 0 Å². The van der Waals surface area contributed by atoms with Crippen LogP contribution in [-0.2, 0) is 0 Å². The quantitative estimate of drug-likeness (QED) is 0.507. The lowest BCUT2D eigenvalue weighted by Crippen LogP contribution is -2.18. The largest absolute Gasteiger partial charge is 0.383 e. The van der Waals surface area contributed by atoms with Crippen LogP contribution in [0.15, 0.2) is 60.8 Å². The van der Waals surface area contributed by atoms with Crippen molar-refractivity contribution in [2.75, 3.05) is 17.7 Å². The van der Waals surface area contributed by atoms with E-state index in [1.807, 2.05) is 47.1 Å². The van der Waals surface area contributed by atoms with Crippen LogP contribution >= 0.6 is 0 Å². The third-order valence-electron chi connectivity index (χ3n) is 4.45. The third-order valence-corrected chi connectivity index (χ3v) is 4.45. The molecule has 0 aliphatic heterocycles. The molecule has 3 aromatic heterocycles. The first-order valence-corrected chi connectivity index (χ1v) is 9.17. The first-order chi connectivity index (χ1) is 13.3. The summed E-state index contributed by atoms with van der Waals surface area (Å²) >= 11 is 0. The summed E-state index contributed by atoms with van der Waals surface area (Å²) in [6.45, 7) is 2.99. The SMILES string of the molecule is CCCCNn1c(-c2cccnc2N)nc2ccc(-c3ccccc3)nc21. The number of pyridine rings is 2. The lowest BCUT2D eigenvalue weighted by Gasteiger charge is -2.12. The molecule has 0 fully saturated rings. The van der Waals surface area contributed by atoms with Gasteiger partial charge in [-0.25, -0.2) is 19.6 Å². The number of hydrogen-bond acceptors (Lipinski definition) is 5. The molecule has 0 spiro atoms. The van der Waals surface area contributed by atoms with E-state index in [2.05, 4.69) is 29.5 Å². The average molecular weight is 358 g/mol. The fourth-order valence-corrected chi connectivity index (χ4v) is 3.03. The van der Waals surface area contributed by atoms with Gasteiger partial charge in [0.1, 0.15) is 11.3 Å². The molecule has 27 heavy (non-hydrogen) atoms. The molecule has 0 radical (unpaired) electrons. The highest BCUT2D eigenvalue weighted by Gasteiger charge is 2.17. The van der Waals surface area contributed by atoms with Gasteiger partial charge >= 0.3 is 0 Å². The predicted octanol–water partition coefficient (Wildman–Crippen LogP) is 4.09. The zero-order valence-electron chi connectivity index (χ0n) is 15.3. The first kappa shape index (κ1) is 17.0. The molecule has 3 heterocycles. The summed E-state index contributed by atoms with van der Waals surface area (Å²) in [5.74, 6) is 1.18. The van der Waals surface area contributed by atoms with Crippen molar-refractivity contribution in [1.29, 1.82) is 0 Å². The van der Waals surface area contributed by atoms with E-state index in [0.717, 1.165) is 53.2 Å². The minimum atomic E-state index is 0.453. The van der Waals surface area contributed by atoms with Crippen molar-refractivity contribution >= 4 is 17.0 Å². The lowest BCUT2D eigenvalue weighted by molar-refractivity contribution is 0.762. The number of nitrogens with two attached hydrogens (primary N) is 1. The molecular formula is C21H22N6. The number of imidazole rings is 1. The fourth-order valence-electron chi connectivity index (χ4n) is 3.03. The highest BCUT2D eigenvalue weighted by Crippen LogP contribution is 2.28. The maximum absolute atomic E-state index is 6.11. The van der Waals surface area contributed by atoms with Crippen molar-refractivity contribution in [1.82, 2.24) is 19.6 Å². The molecule has 4 rings (SSSR count). The van der Waals surface area contributed by atoms with Crippen LogP contribution in [0, 0.1) is 0 Å². The Morgan fingerprint density at radius 2 is 1.85 bits per heavy atom. The van der Waals surface area contributed by atoms with Gasteiger partial charge in [-0.3, -0.25) is 0 Å². The molecule has 4 aromatic rings. The maximum Gasteiger partial charge on any atom is 0.179 e. The van der Waals surface area contributed by atoms with Gasteiger partial charge in [0.05, 0.1) is 11.3 Å². The summed E-state index contributed by atoms with van der Waals surface area (Å²) in [5.41, 5.74) is 13.9. The van der Waals surface area contributed by atoms with Crippen LogP contribution in [-0.4, -0.2) is 26.2 Å². The number of aromatic nitrogens is 4. The van der Waals surface area contributed by atoms with E-state index in [0.29, 0.717) is 5.82 Å². The number of nitrogens with zero attached hydrogens (tertiary/aromatic N) is 4. The summed E-state index contributed by atoms with van der Waals surface area (Å²) in [7, 11) is 0. The molecule has 1 aromatic carbocycles. The minimum Gasteiger partial charge on any atom is -0.383 e. The van der Waals surface area contributed by atoms with E-state index in [1.54, 1.807) is 6.20 Å². The van der Waals surface area contributed by atoms with Crippen molar-refractivity contribution in [3.8, 4) is 22.6 Å². The van der Waals surface area contributed by atoms with Crippen LogP contribution in [0.25, 0.3) is 33.8 Å². The second-order valence-electron chi connectivity index (χ2n) is 6.37. The number of nitrogens with one attached hydrogen (secondary N) is 1. The molecule has 3 N–H and O–H groups in total. The van der Waals surface area contributed by atoms with Gasteiger partial charge in [0.2, 0.25) is 0 Å². The highest BCUT2D eigenvalue weighted by molar-refractivity contribution is 5.82. The number of hydrogen-bond donors (Lipinski definition) is 2. The van der Waals surface area contributed by atoms with Crippen LogP contribution in [0.1, 0.15) is 19.8 Å². The van der Waals surface area contributed by atoms with E-state index >= 15 is 0 Å². The van der Waals surface area contributed by atoms with E-state index < -0.39 is 0 Å². The zero-order valence-corrected chi connectivity index (χ0v) is 15.3. The van der Waals surface area contributed by atoms with E-state index in [4.69, 9.17) is 15.7 Å². The fraction of sp³-hybridized carbons (Fsp3) is 0.190. The molecule has 0 unspecified atom stereocenters. The topological polar surface area (TPSA) is 81.7 Å². The van der Waals surface area contributed by atoms with Gasteiger partial charge in [0.25, 0.3) is 0 Å². The molecule has 6 heteroatoms. The van der Waals surface area contributed by atoms with E-state index in [-0.39, 0.29) is 0 Å². The number of rotatable bonds is 6. The van der Waals surface area contributed by atoms with E-state index in [9.17, 15) is 0 Å². The summed E-state index contributed by atoms with van der Waals surface area (Å²) in [6.07, 6.45) is 3.84.